The number of benzene rings is 2. The minimum absolute atomic E-state index is 0.0903. The zero-order valence-electron chi connectivity index (χ0n) is 11.8. The molecule has 2 rings (SSSR count). The zero-order chi connectivity index (χ0) is 15.1. The zero-order valence-corrected chi connectivity index (χ0v) is 11.8. The summed E-state index contributed by atoms with van der Waals surface area (Å²) in [7, 11) is 0. The molecule has 0 heterocycles. The quantitative estimate of drug-likeness (QED) is 0.915. The van der Waals surface area contributed by atoms with Gasteiger partial charge in [-0.2, -0.15) is 5.26 Å². The van der Waals surface area contributed by atoms with Gasteiger partial charge in [0.25, 0.3) is 5.91 Å². The highest BCUT2D eigenvalue weighted by Gasteiger charge is 2.07. The lowest BCUT2D eigenvalue weighted by atomic mass is 10.2. The smallest absolute Gasteiger partial charge is 0.262 e. The van der Waals surface area contributed by atoms with Crippen LogP contribution >= 0.6 is 0 Å². The van der Waals surface area contributed by atoms with Crippen molar-refractivity contribution < 1.29 is 9.53 Å². The van der Waals surface area contributed by atoms with Crippen LogP contribution in [-0.2, 0) is 11.2 Å². The van der Waals surface area contributed by atoms with E-state index in [1.807, 2.05) is 30.3 Å². The number of hydrogen-bond donors (Lipinski definition) is 1. The van der Waals surface area contributed by atoms with Crippen LogP contribution < -0.4 is 10.1 Å². The monoisotopic (exact) mass is 280 g/mol. The molecule has 2 aromatic rings. The lowest BCUT2D eigenvalue weighted by Crippen LogP contribution is -2.20. The normalized spacial score (nSPS) is 9.71. The first-order valence-electron chi connectivity index (χ1n) is 6.73. The van der Waals surface area contributed by atoms with Crippen molar-refractivity contribution in [2.45, 2.75) is 13.3 Å². The Morgan fingerprint density at radius 1 is 1.24 bits per heavy atom. The molecule has 0 saturated carbocycles. The average molecular weight is 280 g/mol. The highest BCUT2D eigenvalue weighted by molar-refractivity contribution is 5.93. The lowest BCUT2D eigenvalue weighted by Gasteiger charge is -2.09. The fraction of sp³-hybridized carbons (Fsp3) is 0.176. The summed E-state index contributed by atoms with van der Waals surface area (Å²) in [5.41, 5.74) is 2.08. The summed E-state index contributed by atoms with van der Waals surface area (Å²) in [5, 5.41) is 11.6. The van der Waals surface area contributed by atoms with Crippen molar-refractivity contribution >= 4 is 11.6 Å². The van der Waals surface area contributed by atoms with Gasteiger partial charge in [0, 0.05) is 0 Å². The molecule has 0 bridgehead atoms. The van der Waals surface area contributed by atoms with Gasteiger partial charge >= 0.3 is 0 Å². The van der Waals surface area contributed by atoms with Crippen molar-refractivity contribution in [3.05, 3.63) is 59.7 Å². The molecule has 4 heteroatoms. The van der Waals surface area contributed by atoms with Crippen molar-refractivity contribution in [3.63, 3.8) is 0 Å². The molecule has 2 aromatic carbocycles. The second kappa shape index (κ2) is 7.11. The predicted octanol–water partition coefficient (Wildman–Crippen LogP) is 3.14. The SMILES string of the molecule is CCc1cccc(OCC(=O)Nc2ccccc2C#N)c1. The van der Waals surface area contributed by atoms with Gasteiger partial charge in [0.15, 0.2) is 6.61 Å². The lowest BCUT2D eigenvalue weighted by molar-refractivity contribution is -0.118. The molecule has 1 N–H and O–H groups in total. The third-order valence-corrected chi connectivity index (χ3v) is 3.00. The van der Waals surface area contributed by atoms with Crippen LogP contribution in [-0.4, -0.2) is 12.5 Å². The van der Waals surface area contributed by atoms with E-state index in [-0.39, 0.29) is 12.5 Å². The molecule has 0 unspecified atom stereocenters. The van der Waals surface area contributed by atoms with E-state index in [1.54, 1.807) is 24.3 Å². The molecule has 0 aromatic heterocycles. The number of carbonyl (C=O) groups excluding carboxylic acids is 1. The number of para-hydroxylation sites is 1. The first kappa shape index (κ1) is 14.6. The van der Waals surface area contributed by atoms with Gasteiger partial charge in [0.1, 0.15) is 11.8 Å². The fourth-order valence-electron chi connectivity index (χ4n) is 1.88. The van der Waals surface area contributed by atoms with E-state index in [1.165, 1.54) is 0 Å². The first-order valence-corrected chi connectivity index (χ1v) is 6.73. The number of hydrogen-bond acceptors (Lipinski definition) is 3. The standard InChI is InChI=1S/C17H16N2O2/c1-2-13-6-5-8-15(10-13)21-12-17(20)19-16-9-4-3-7-14(16)11-18/h3-10H,2,12H2,1H3,(H,19,20). The Morgan fingerprint density at radius 2 is 2.05 bits per heavy atom. The highest BCUT2D eigenvalue weighted by atomic mass is 16.5. The van der Waals surface area contributed by atoms with Crippen LogP contribution in [0.2, 0.25) is 0 Å². The van der Waals surface area contributed by atoms with E-state index >= 15 is 0 Å². The fourth-order valence-corrected chi connectivity index (χ4v) is 1.88. The number of ether oxygens (including phenoxy) is 1. The number of rotatable bonds is 5. The van der Waals surface area contributed by atoms with Crippen LogP contribution in [0.4, 0.5) is 5.69 Å². The van der Waals surface area contributed by atoms with Crippen molar-refractivity contribution in [3.8, 4) is 11.8 Å². The summed E-state index contributed by atoms with van der Waals surface area (Å²) >= 11 is 0. The molecule has 0 aliphatic rings. The maximum Gasteiger partial charge on any atom is 0.262 e. The second-order valence-corrected chi connectivity index (χ2v) is 4.50. The molecule has 106 valence electrons. The number of aryl methyl sites for hydroxylation is 1. The van der Waals surface area contributed by atoms with E-state index in [9.17, 15) is 4.79 Å². The third-order valence-electron chi connectivity index (χ3n) is 3.00. The van der Waals surface area contributed by atoms with Crippen LogP contribution in [0.15, 0.2) is 48.5 Å². The van der Waals surface area contributed by atoms with Gasteiger partial charge in [0.2, 0.25) is 0 Å². The minimum Gasteiger partial charge on any atom is -0.484 e. The van der Waals surface area contributed by atoms with E-state index < -0.39 is 0 Å². The second-order valence-electron chi connectivity index (χ2n) is 4.50. The molecule has 0 atom stereocenters. The van der Waals surface area contributed by atoms with Gasteiger partial charge in [-0.05, 0) is 36.2 Å². The maximum atomic E-state index is 11.9. The van der Waals surface area contributed by atoms with Gasteiger partial charge in [-0.25, -0.2) is 0 Å². The summed E-state index contributed by atoms with van der Waals surface area (Å²) in [4.78, 5) is 11.9. The van der Waals surface area contributed by atoms with Crippen LogP contribution in [0.5, 0.6) is 5.75 Å². The number of carbonyl (C=O) groups is 1. The Bertz CT molecular complexity index is 674. The van der Waals surface area contributed by atoms with Gasteiger partial charge in [-0.15, -0.1) is 0 Å². The largest absolute Gasteiger partial charge is 0.484 e. The van der Waals surface area contributed by atoms with Crippen LogP contribution in [0.3, 0.4) is 0 Å². The van der Waals surface area contributed by atoms with Crippen LogP contribution in [0.25, 0.3) is 0 Å². The Kier molecular flexibility index (Phi) is 4.94. The van der Waals surface area contributed by atoms with Crippen LogP contribution in [0.1, 0.15) is 18.1 Å². The van der Waals surface area contributed by atoms with Crippen molar-refractivity contribution in [2.75, 3.05) is 11.9 Å². The molecule has 21 heavy (non-hydrogen) atoms. The third kappa shape index (κ3) is 4.08. The minimum atomic E-state index is -0.292. The Hall–Kier alpha value is -2.80. The Labute approximate surface area is 124 Å². The summed E-state index contributed by atoms with van der Waals surface area (Å²) in [5.74, 6) is 0.373. The predicted molar refractivity (Wildman–Crippen MR) is 81.1 cm³/mol. The molecule has 0 aliphatic heterocycles. The van der Waals surface area contributed by atoms with Crippen LogP contribution in [0, 0.1) is 11.3 Å². The topological polar surface area (TPSA) is 62.1 Å². The molecule has 0 radical (unpaired) electrons. The summed E-state index contributed by atoms with van der Waals surface area (Å²) in [6, 6.07) is 16.5. The number of amides is 1. The van der Waals surface area contributed by atoms with Gasteiger partial charge in [0.05, 0.1) is 11.3 Å². The Morgan fingerprint density at radius 3 is 2.81 bits per heavy atom. The number of nitrogens with zero attached hydrogens (tertiary/aromatic N) is 1. The molecular formula is C17H16N2O2. The number of anilines is 1. The molecule has 0 fully saturated rings. The van der Waals surface area contributed by atoms with Crippen molar-refractivity contribution in [1.29, 1.82) is 5.26 Å². The molecular weight excluding hydrogens is 264 g/mol. The van der Waals surface area contributed by atoms with E-state index in [0.29, 0.717) is 17.0 Å². The van der Waals surface area contributed by atoms with E-state index in [2.05, 4.69) is 12.2 Å². The highest BCUT2D eigenvalue weighted by Crippen LogP contribution is 2.15. The van der Waals surface area contributed by atoms with Crippen molar-refractivity contribution in [1.82, 2.24) is 0 Å². The summed E-state index contributed by atoms with van der Waals surface area (Å²) < 4.78 is 5.46. The molecule has 0 saturated heterocycles. The molecule has 1 amide bonds. The van der Waals surface area contributed by atoms with Gasteiger partial charge in [-0.1, -0.05) is 31.2 Å². The van der Waals surface area contributed by atoms with E-state index in [4.69, 9.17) is 10.00 Å². The molecule has 0 spiro atoms. The van der Waals surface area contributed by atoms with Gasteiger partial charge in [-0.3, -0.25) is 4.79 Å². The average Bonchev–Trinajstić information content (AvgIpc) is 2.53. The Balaban J connectivity index is 1.94. The first-order chi connectivity index (χ1) is 10.2. The van der Waals surface area contributed by atoms with Gasteiger partial charge < -0.3 is 10.1 Å². The number of nitriles is 1. The maximum absolute atomic E-state index is 11.9. The molecule has 0 aliphatic carbocycles. The summed E-state index contributed by atoms with van der Waals surface area (Å²) in [6.45, 7) is 1.97. The molecule has 4 nitrogen and oxygen atoms in total. The summed E-state index contributed by atoms with van der Waals surface area (Å²) in [6.07, 6.45) is 0.916. The van der Waals surface area contributed by atoms with E-state index in [0.717, 1.165) is 12.0 Å². The van der Waals surface area contributed by atoms with Crippen molar-refractivity contribution in [2.24, 2.45) is 0 Å². The number of nitrogens with one attached hydrogen (secondary N) is 1.